The molecule has 4 aromatic carbocycles. The zero-order valence-electron chi connectivity index (χ0n) is 29.5. The summed E-state index contributed by atoms with van der Waals surface area (Å²) in [7, 11) is 0. The highest BCUT2D eigenvalue weighted by atomic mass is 16.7. The van der Waals surface area contributed by atoms with Crippen molar-refractivity contribution in [3.8, 4) is 17.2 Å². The number of benzene rings is 4. The lowest BCUT2D eigenvalue weighted by molar-refractivity contribution is -0.371. The third kappa shape index (κ3) is 7.06. The fraction of sp³-hybridized carbons (Fsp3) is 0.250. The molecule has 1 aliphatic heterocycles. The monoisotopic (exact) mass is 754 g/mol. The Bertz CT molecular complexity index is 2230. The van der Waals surface area contributed by atoms with Gasteiger partial charge < -0.3 is 56.3 Å². The summed E-state index contributed by atoms with van der Waals surface area (Å²) >= 11 is 0. The smallest absolute Gasteiger partial charge is 0.308 e. The maximum absolute atomic E-state index is 14.7. The summed E-state index contributed by atoms with van der Waals surface area (Å²) in [5.74, 6) is -6.98. The molecule has 4 atom stereocenters. The molecule has 0 aromatic heterocycles. The molecule has 1 fully saturated rings. The maximum Gasteiger partial charge on any atom is 0.308 e. The van der Waals surface area contributed by atoms with Crippen LogP contribution < -0.4 is 20.9 Å². The van der Waals surface area contributed by atoms with Gasteiger partial charge in [0.1, 0.15) is 23.4 Å². The zero-order chi connectivity index (χ0) is 39.9. The lowest BCUT2D eigenvalue weighted by atomic mass is 9.77. The Labute approximate surface area is 313 Å². The fourth-order valence-corrected chi connectivity index (χ4v) is 6.84. The molecule has 4 unspecified atom stereocenters. The van der Waals surface area contributed by atoms with Crippen LogP contribution in [0.3, 0.4) is 0 Å². The summed E-state index contributed by atoms with van der Waals surface area (Å²) in [6.45, 7) is 1.64. The summed E-state index contributed by atoms with van der Waals surface area (Å²) in [4.78, 5) is 53.8. The van der Waals surface area contributed by atoms with E-state index in [4.69, 9.17) is 25.7 Å². The van der Waals surface area contributed by atoms with Gasteiger partial charge in [0, 0.05) is 46.7 Å². The van der Waals surface area contributed by atoms with Gasteiger partial charge in [0.05, 0.1) is 24.4 Å². The van der Waals surface area contributed by atoms with Gasteiger partial charge in [-0.25, -0.2) is 0 Å². The Hall–Kier alpha value is -5.62. The van der Waals surface area contributed by atoms with E-state index < -0.39 is 83.3 Å². The molecule has 0 bridgehead atoms. The molecule has 10 N–H and O–H groups in total. The van der Waals surface area contributed by atoms with E-state index in [0.29, 0.717) is 11.8 Å². The van der Waals surface area contributed by atoms with Gasteiger partial charge in [-0.15, -0.1) is 0 Å². The average molecular weight is 755 g/mol. The quantitative estimate of drug-likeness (QED) is 0.0331. The minimum absolute atomic E-state index is 0.00560. The first kappa shape index (κ1) is 39.1. The van der Waals surface area contributed by atoms with E-state index in [1.165, 1.54) is 31.2 Å². The fourth-order valence-electron chi connectivity index (χ4n) is 6.84. The first-order chi connectivity index (χ1) is 26.1. The van der Waals surface area contributed by atoms with E-state index in [0.717, 1.165) is 13.0 Å². The highest BCUT2D eigenvalue weighted by Gasteiger charge is 2.54. The number of aliphatic hydroxyl groups excluding tert-OH is 3. The van der Waals surface area contributed by atoms with Crippen molar-refractivity contribution in [1.82, 2.24) is 0 Å². The maximum atomic E-state index is 14.7. The van der Waals surface area contributed by atoms with Crippen LogP contribution >= 0.6 is 0 Å². The minimum Gasteiger partial charge on any atom is -0.507 e. The SMILES string of the molecule is CC(=O)Oc1cc(CO)c2c(c1C=Cc1ccccc1)C(=O)c1cc(OC3OC(C)C(O)C(O)(O)C3O)c(Cc3cccc(C(N)N)c3C=O)c(O)c1C2=O. The normalized spacial score (nSPS) is 20.3. The van der Waals surface area contributed by atoms with Gasteiger partial charge in [0.25, 0.3) is 0 Å². The number of carbonyl (C=O) groups is 4. The number of esters is 1. The number of phenolic OH excluding ortho intramolecular Hbond substituents is 1. The number of hydrogen-bond donors (Lipinski definition) is 8. The van der Waals surface area contributed by atoms with Crippen LogP contribution in [0.4, 0.5) is 0 Å². The van der Waals surface area contributed by atoms with Crippen LogP contribution in [-0.4, -0.2) is 84.9 Å². The number of aliphatic hydroxyl groups is 5. The Morgan fingerprint density at radius 1 is 0.909 bits per heavy atom. The lowest BCUT2D eigenvalue weighted by Gasteiger charge is -2.44. The predicted octanol–water partition coefficient (Wildman–Crippen LogP) is 1.60. The Kier molecular flexibility index (Phi) is 10.8. The molecule has 1 saturated heterocycles. The van der Waals surface area contributed by atoms with Crippen LogP contribution in [0.15, 0.2) is 60.7 Å². The zero-order valence-corrected chi connectivity index (χ0v) is 29.5. The lowest BCUT2D eigenvalue weighted by Crippen LogP contribution is -2.67. The molecule has 15 heteroatoms. The second-order valence-corrected chi connectivity index (χ2v) is 13.2. The number of aromatic hydroxyl groups is 1. The summed E-state index contributed by atoms with van der Waals surface area (Å²) in [5.41, 5.74) is 11.3. The van der Waals surface area contributed by atoms with Gasteiger partial charge in [0.15, 0.2) is 24.0 Å². The molecular formula is C40H38N2O13. The summed E-state index contributed by atoms with van der Waals surface area (Å²) in [6, 6.07) is 15.8. The molecule has 4 aromatic rings. The number of fused-ring (bicyclic) bond motifs is 2. The van der Waals surface area contributed by atoms with Crippen molar-refractivity contribution in [3.63, 3.8) is 0 Å². The van der Waals surface area contributed by atoms with Crippen molar-refractivity contribution >= 4 is 36.0 Å². The van der Waals surface area contributed by atoms with Crippen LogP contribution in [0.2, 0.25) is 0 Å². The highest BCUT2D eigenvalue weighted by molar-refractivity contribution is 6.31. The third-order valence-electron chi connectivity index (χ3n) is 9.61. The van der Waals surface area contributed by atoms with Crippen LogP contribution in [0, 0.1) is 0 Å². The molecular weight excluding hydrogens is 716 g/mol. The standard InChI is InChI=1S/C40H38N2O13/c1-18-36(49)40(51,52)37(50)39(53-18)55-29-15-26-32(33(46)25(29)13-21-9-6-10-23(38(41)42)27(21)17-44)35(48)30-22(16-43)14-28(54-19(2)45)24(31(30)34(26)47)12-11-20-7-4-3-5-8-20/h3-12,14-15,17-18,36-39,43,46,49-52H,13,16,41-42H2,1-2H3. The van der Waals surface area contributed by atoms with Crippen molar-refractivity contribution in [3.05, 3.63) is 122 Å². The topological polar surface area (TPSA) is 269 Å². The number of ketones is 2. The van der Waals surface area contributed by atoms with Gasteiger partial charge in [-0.2, -0.15) is 0 Å². The molecule has 1 aliphatic carbocycles. The van der Waals surface area contributed by atoms with Crippen LogP contribution in [0.25, 0.3) is 12.2 Å². The number of aldehydes is 1. The van der Waals surface area contributed by atoms with Crippen molar-refractivity contribution in [1.29, 1.82) is 0 Å². The van der Waals surface area contributed by atoms with Crippen molar-refractivity contribution in [2.24, 2.45) is 11.5 Å². The average Bonchev–Trinajstić information content (AvgIpc) is 3.15. The van der Waals surface area contributed by atoms with E-state index in [2.05, 4.69) is 0 Å². The summed E-state index contributed by atoms with van der Waals surface area (Å²) in [5, 5.41) is 64.7. The van der Waals surface area contributed by atoms with E-state index in [-0.39, 0.29) is 56.7 Å². The van der Waals surface area contributed by atoms with Gasteiger partial charge >= 0.3 is 5.97 Å². The molecule has 1 heterocycles. The number of carbonyl (C=O) groups excluding carboxylic acids is 4. The van der Waals surface area contributed by atoms with Gasteiger partial charge in [-0.05, 0) is 47.4 Å². The number of rotatable bonds is 10. The van der Waals surface area contributed by atoms with Gasteiger partial charge in [0.2, 0.25) is 12.1 Å². The number of hydrogen-bond acceptors (Lipinski definition) is 15. The van der Waals surface area contributed by atoms with E-state index >= 15 is 0 Å². The molecule has 6 rings (SSSR count). The summed E-state index contributed by atoms with van der Waals surface area (Å²) < 4.78 is 17.0. The Morgan fingerprint density at radius 3 is 2.25 bits per heavy atom. The molecule has 15 nitrogen and oxygen atoms in total. The molecule has 2 aliphatic rings. The van der Waals surface area contributed by atoms with E-state index in [1.54, 1.807) is 42.5 Å². The first-order valence-corrected chi connectivity index (χ1v) is 17.0. The molecule has 0 amide bonds. The second-order valence-electron chi connectivity index (χ2n) is 13.2. The summed E-state index contributed by atoms with van der Waals surface area (Å²) in [6.07, 6.45) is -5.39. The van der Waals surface area contributed by atoms with Crippen molar-refractivity contribution < 1.29 is 64.0 Å². The van der Waals surface area contributed by atoms with Gasteiger partial charge in [-0.1, -0.05) is 54.6 Å². The first-order valence-electron chi connectivity index (χ1n) is 17.0. The third-order valence-corrected chi connectivity index (χ3v) is 9.61. The van der Waals surface area contributed by atoms with Crippen LogP contribution in [0.1, 0.15) is 95.6 Å². The number of ether oxygens (including phenoxy) is 3. The predicted molar refractivity (Wildman–Crippen MR) is 194 cm³/mol. The molecule has 55 heavy (non-hydrogen) atoms. The Morgan fingerprint density at radius 2 is 1.62 bits per heavy atom. The molecule has 0 radical (unpaired) electrons. The van der Waals surface area contributed by atoms with Gasteiger partial charge in [-0.3, -0.25) is 19.2 Å². The van der Waals surface area contributed by atoms with E-state index in [9.17, 15) is 49.8 Å². The number of phenols is 1. The molecule has 0 saturated carbocycles. The highest BCUT2D eigenvalue weighted by Crippen LogP contribution is 2.45. The molecule has 286 valence electrons. The van der Waals surface area contributed by atoms with Crippen LogP contribution in [-0.2, 0) is 22.6 Å². The Balaban J connectivity index is 1.60. The van der Waals surface area contributed by atoms with E-state index in [1.807, 2.05) is 0 Å². The minimum atomic E-state index is -3.13. The van der Waals surface area contributed by atoms with Crippen LogP contribution in [0.5, 0.6) is 17.2 Å². The largest absolute Gasteiger partial charge is 0.507 e. The molecule has 0 spiro atoms. The van der Waals surface area contributed by atoms with Crippen molar-refractivity contribution in [2.75, 3.05) is 0 Å². The van der Waals surface area contributed by atoms with Crippen molar-refractivity contribution in [2.45, 2.75) is 63.4 Å². The second kappa shape index (κ2) is 15.3. The number of nitrogens with two attached hydrogens (primary N) is 2.